The second-order valence-corrected chi connectivity index (χ2v) is 12.5. The molecule has 0 saturated heterocycles. The smallest absolute Gasteiger partial charge is 0.328 e. The van der Waals surface area contributed by atoms with Gasteiger partial charge in [-0.2, -0.15) is 0 Å². The van der Waals surface area contributed by atoms with Crippen LogP contribution in [-0.4, -0.2) is 67.0 Å². The first-order valence-electron chi connectivity index (χ1n) is 16.7. The van der Waals surface area contributed by atoms with E-state index in [9.17, 15) is 29.1 Å². The molecule has 0 spiro atoms. The number of amides is 4. The Morgan fingerprint density at radius 1 is 0.608 bits per heavy atom. The Morgan fingerprint density at radius 3 is 1.63 bits per heavy atom. The summed E-state index contributed by atoms with van der Waals surface area (Å²) in [6.45, 7) is 3.90. The first kappa shape index (κ1) is 37.8. The number of likely N-dealkylation sites (N-methyl/N-ethyl adjacent to an activating group) is 1. The summed E-state index contributed by atoms with van der Waals surface area (Å²) in [5.41, 5.74) is 2.77. The van der Waals surface area contributed by atoms with E-state index in [1.807, 2.05) is 44.2 Å². The highest BCUT2D eigenvalue weighted by Gasteiger charge is 2.29. The fourth-order valence-electron chi connectivity index (χ4n) is 5.72. The van der Waals surface area contributed by atoms with Crippen LogP contribution in [0, 0.1) is 5.92 Å². The number of carbonyl (C=O) groups is 5. The van der Waals surface area contributed by atoms with Crippen LogP contribution in [0.4, 0.5) is 0 Å². The van der Waals surface area contributed by atoms with E-state index < -0.39 is 41.8 Å². The van der Waals surface area contributed by atoms with Crippen molar-refractivity contribution in [2.75, 3.05) is 14.2 Å². The van der Waals surface area contributed by atoms with Crippen molar-refractivity contribution in [1.29, 1.82) is 0 Å². The topological polar surface area (TPSA) is 163 Å². The van der Waals surface area contributed by atoms with Crippen LogP contribution in [0.2, 0.25) is 0 Å². The Morgan fingerprint density at radius 2 is 1.10 bits per heavy atom. The molecule has 3 atom stereocenters. The summed E-state index contributed by atoms with van der Waals surface area (Å²) in [6.07, 6.45) is 0.686. The summed E-state index contributed by atoms with van der Waals surface area (Å²) in [5, 5.41) is 20.7. The maximum absolute atomic E-state index is 14.1. The molecule has 266 valence electrons. The highest BCUT2D eigenvalue weighted by molar-refractivity contribution is 6.08. The molecule has 0 heterocycles. The summed E-state index contributed by atoms with van der Waals surface area (Å²) in [5.74, 6) is -2.43. The predicted octanol–water partition coefficient (Wildman–Crippen LogP) is 4.19. The number of benzene rings is 4. The summed E-state index contributed by atoms with van der Waals surface area (Å²) in [7, 11) is 2.74. The van der Waals surface area contributed by atoms with Gasteiger partial charge in [0.05, 0.1) is 7.11 Å². The molecular weight excluding hydrogens is 648 g/mol. The van der Waals surface area contributed by atoms with Gasteiger partial charge in [0.15, 0.2) is 0 Å². The zero-order valence-electron chi connectivity index (χ0n) is 29.1. The molecule has 0 aromatic heterocycles. The van der Waals surface area contributed by atoms with Crippen molar-refractivity contribution < 1.29 is 33.8 Å². The van der Waals surface area contributed by atoms with Crippen molar-refractivity contribution in [2.45, 2.75) is 51.2 Å². The van der Waals surface area contributed by atoms with Crippen molar-refractivity contribution in [3.63, 3.8) is 0 Å². The van der Waals surface area contributed by atoms with E-state index in [0.29, 0.717) is 23.1 Å². The van der Waals surface area contributed by atoms with Crippen LogP contribution in [0.3, 0.4) is 0 Å². The molecule has 0 aliphatic heterocycles. The van der Waals surface area contributed by atoms with Gasteiger partial charge in [0.2, 0.25) is 11.8 Å². The number of methoxy groups -OCH3 is 1. The van der Waals surface area contributed by atoms with E-state index in [1.54, 1.807) is 60.7 Å². The molecular formula is C40H44N4O7. The first-order chi connectivity index (χ1) is 24.5. The SMILES string of the molecule is CNC(=O)[C@H](CC(C)C)NC(=O)[C@H](Cc1ccccc1)NC(=O)c1ccccc1-c1ccccc1C(=O)N[C@@H](Cc1ccc(O)cc1)C(=O)OC. The fraction of sp³-hybridized carbons (Fsp3) is 0.275. The summed E-state index contributed by atoms with van der Waals surface area (Å²) in [6, 6.07) is 26.0. The standard InChI is InChI=1S/C40H44N4O7/c1-25(2)22-33(38(48)41-3)43-39(49)34(23-26-12-6-5-7-13-26)42-36(46)31-16-10-8-14-29(31)30-15-9-11-17-32(30)37(47)44-35(40(50)51-4)24-27-18-20-28(45)21-19-27/h5-21,25,33-35,45H,22-24H2,1-4H3,(H,41,48)(H,42,46)(H,43,49)(H,44,47)/t33-,34-,35-/m0/s1. The van der Waals surface area contributed by atoms with Crippen molar-refractivity contribution in [3.8, 4) is 16.9 Å². The van der Waals surface area contributed by atoms with Crippen molar-refractivity contribution in [3.05, 3.63) is 125 Å². The van der Waals surface area contributed by atoms with Gasteiger partial charge in [0, 0.05) is 31.0 Å². The number of phenolic OH excluding ortho intramolecular Hbond substituents is 1. The largest absolute Gasteiger partial charge is 0.508 e. The van der Waals surface area contributed by atoms with Crippen LogP contribution in [0.1, 0.15) is 52.1 Å². The van der Waals surface area contributed by atoms with Gasteiger partial charge in [-0.05, 0) is 58.9 Å². The minimum atomic E-state index is -1.04. The van der Waals surface area contributed by atoms with Gasteiger partial charge < -0.3 is 31.1 Å². The number of rotatable bonds is 15. The van der Waals surface area contributed by atoms with Gasteiger partial charge in [0.25, 0.3) is 11.8 Å². The van der Waals surface area contributed by atoms with Gasteiger partial charge in [-0.15, -0.1) is 0 Å². The number of hydrogen-bond acceptors (Lipinski definition) is 7. The number of esters is 1. The number of phenols is 1. The quantitative estimate of drug-likeness (QED) is 0.117. The maximum Gasteiger partial charge on any atom is 0.328 e. The number of hydrogen-bond donors (Lipinski definition) is 5. The minimum absolute atomic E-state index is 0.0697. The van der Waals surface area contributed by atoms with E-state index in [4.69, 9.17) is 4.74 Å². The van der Waals surface area contributed by atoms with Crippen LogP contribution >= 0.6 is 0 Å². The molecule has 11 nitrogen and oxygen atoms in total. The molecule has 4 amide bonds. The lowest BCUT2D eigenvalue weighted by molar-refractivity contribution is -0.142. The monoisotopic (exact) mass is 692 g/mol. The number of nitrogens with one attached hydrogen (secondary N) is 4. The van der Waals surface area contributed by atoms with E-state index in [2.05, 4.69) is 21.3 Å². The Kier molecular flexibility index (Phi) is 13.5. The third-order valence-corrected chi connectivity index (χ3v) is 8.29. The summed E-state index contributed by atoms with van der Waals surface area (Å²) in [4.78, 5) is 66.9. The summed E-state index contributed by atoms with van der Waals surface area (Å²) >= 11 is 0. The van der Waals surface area contributed by atoms with E-state index in [-0.39, 0.29) is 41.5 Å². The van der Waals surface area contributed by atoms with Crippen LogP contribution in [0.25, 0.3) is 11.1 Å². The third-order valence-electron chi connectivity index (χ3n) is 8.29. The van der Waals surface area contributed by atoms with Gasteiger partial charge in [-0.3, -0.25) is 19.2 Å². The highest BCUT2D eigenvalue weighted by Crippen LogP contribution is 2.28. The molecule has 0 unspecified atom stereocenters. The van der Waals surface area contributed by atoms with Crippen molar-refractivity contribution in [2.24, 2.45) is 5.92 Å². The number of ether oxygens (including phenoxy) is 1. The minimum Gasteiger partial charge on any atom is -0.508 e. The highest BCUT2D eigenvalue weighted by atomic mass is 16.5. The predicted molar refractivity (Wildman–Crippen MR) is 194 cm³/mol. The molecule has 0 aliphatic carbocycles. The van der Waals surface area contributed by atoms with E-state index in [1.165, 1.54) is 26.3 Å². The van der Waals surface area contributed by atoms with Gasteiger partial charge in [-0.25, -0.2) is 4.79 Å². The zero-order valence-corrected chi connectivity index (χ0v) is 29.1. The van der Waals surface area contributed by atoms with Gasteiger partial charge >= 0.3 is 5.97 Å². The van der Waals surface area contributed by atoms with E-state index >= 15 is 0 Å². The van der Waals surface area contributed by atoms with Crippen LogP contribution in [-0.2, 0) is 32.0 Å². The molecule has 5 N–H and O–H groups in total. The van der Waals surface area contributed by atoms with Gasteiger partial charge in [-0.1, -0.05) is 92.7 Å². The Bertz CT molecular complexity index is 1830. The Labute approximate surface area is 297 Å². The van der Waals surface area contributed by atoms with E-state index in [0.717, 1.165) is 5.56 Å². The molecule has 0 fully saturated rings. The zero-order chi connectivity index (χ0) is 36.9. The Balaban J connectivity index is 1.63. The average molecular weight is 693 g/mol. The molecule has 4 aromatic rings. The third kappa shape index (κ3) is 10.5. The first-order valence-corrected chi connectivity index (χ1v) is 16.7. The number of aromatic hydroxyl groups is 1. The summed E-state index contributed by atoms with van der Waals surface area (Å²) < 4.78 is 4.96. The molecule has 0 radical (unpaired) electrons. The molecule has 4 rings (SSSR count). The number of carbonyl (C=O) groups excluding carboxylic acids is 5. The maximum atomic E-state index is 14.1. The second kappa shape index (κ2) is 18.1. The lowest BCUT2D eigenvalue weighted by Gasteiger charge is -2.24. The normalized spacial score (nSPS) is 12.6. The van der Waals surface area contributed by atoms with Crippen LogP contribution < -0.4 is 21.3 Å². The second-order valence-electron chi connectivity index (χ2n) is 12.5. The van der Waals surface area contributed by atoms with Crippen molar-refractivity contribution >= 4 is 29.6 Å². The van der Waals surface area contributed by atoms with Gasteiger partial charge in [0.1, 0.15) is 23.9 Å². The molecule has 0 saturated carbocycles. The molecule has 0 bridgehead atoms. The fourth-order valence-corrected chi connectivity index (χ4v) is 5.72. The molecule has 51 heavy (non-hydrogen) atoms. The van der Waals surface area contributed by atoms with Crippen molar-refractivity contribution in [1.82, 2.24) is 21.3 Å². The molecule has 11 heteroatoms. The molecule has 0 aliphatic rings. The Hall–Kier alpha value is -5.97. The lowest BCUT2D eigenvalue weighted by atomic mass is 9.94. The average Bonchev–Trinajstić information content (AvgIpc) is 3.14. The van der Waals surface area contributed by atoms with Crippen LogP contribution in [0.5, 0.6) is 5.75 Å². The van der Waals surface area contributed by atoms with Crippen LogP contribution in [0.15, 0.2) is 103 Å². The lowest BCUT2D eigenvalue weighted by Crippen LogP contribution is -2.54. The molecule has 4 aromatic carbocycles.